The Kier molecular flexibility index (Phi) is 8.70. The number of nitrogens with two attached hydrogens (primary N) is 1. The van der Waals surface area contributed by atoms with Crippen LogP contribution in [0.15, 0.2) is 0 Å². The lowest BCUT2D eigenvalue weighted by Crippen LogP contribution is -2.31. The zero-order valence-corrected chi connectivity index (χ0v) is 9.04. The molecule has 0 aliphatic heterocycles. The molecule has 0 radical (unpaired) electrons. The quantitative estimate of drug-likeness (QED) is 0.414. The summed E-state index contributed by atoms with van der Waals surface area (Å²) >= 11 is 0. The third-order valence-corrected chi connectivity index (χ3v) is 1.59. The SMILES string of the molecule is CCNCCC(=O)NCCOCC(N)=O. The number of primary amides is 1. The molecule has 0 spiro atoms. The van der Waals surface area contributed by atoms with E-state index in [1.54, 1.807) is 0 Å². The van der Waals surface area contributed by atoms with Crippen molar-refractivity contribution in [1.29, 1.82) is 0 Å². The van der Waals surface area contributed by atoms with Crippen LogP contribution in [0, 0.1) is 0 Å². The highest BCUT2D eigenvalue weighted by atomic mass is 16.5. The fourth-order valence-corrected chi connectivity index (χ4v) is 0.902. The summed E-state index contributed by atoms with van der Waals surface area (Å²) in [6.07, 6.45) is 0.448. The average Bonchev–Trinajstić information content (AvgIpc) is 2.17. The molecule has 4 N–H and O–H groups in total. The molecule has 0 aliphatic rings. The first kappa shape index (κ1) is 13.9. The van der Waals surface area contributed by atoms with E-state index >= 15 is 0 Å². The molecule has 0 bridgehead atoms. The first-order valence-corrected chi connectivity index (χ1v) is 5.00. The Morgan fingerprint density at radius 2 is 2.07 bits per heavy atom. The van der Waals surface area contributed by atoms with Crippen LogP contribution in [0.5, 0.6) is 0 Å². The molecule has 0 aromatic carbocycles. The van der Waals surface area contributed by atoms with Gasteiger partial charge < -0.3 is 21.1 Å². The fraction of sp³-hybridized carbons (Fsp3) is 0.778. The number of ether oxygens (including phenoxy) is 1. The summed E-state index contributed by atoms with van der Waals surface area (Å²) < 4.78 is 4.87. The molecule has 0 saturated carbocycles. The Morgan fingerprint density at radius 1 is 1.33 bits per heavy atom. The molecule has 0 unspecified atom stereocenters. The van der Waals surface area contributed by atoms with Crippen molar-refractivity contribution < 1.29 is 14.3 Å². The standard InChI is InChI=1S/C9H19N3O3/c1-2-11-4-3-9(14)12-5-6-15-7-8(10)13/h11H,2-7H2,1H3,(H2,10,13)(H,12,14). The van der Waals surface area contributed by atoms with Gasteiger partial charge in [0.1, 0.15) is 6.61 Å². The molecule has 6 nitrogen and oxygen atoms in total. The summed E-state index contributed by atoms with van der Waals surface area (Å²) in [5, 5.41) is 5.70. The van der Waals surface area contributed by atoms with Gasteiger partial charge in [0.25, 0.3) is 0 Å². The van der Waals surface area contributed by atoms with Gasteiger partial charge in [-0.1, -0.05) is 6.92 Å². The summed E-state index contributed by atoms with van der Waals surface area (Å²) in [6, 6.07) is 0. The largest absolute Gasteiger partial charge is 0.370 e. The Balaban J connectivity index is 3.20. The third kappa shape index (κ3) is 10.8. The molecule has 88 valence electrons. The van der Waals surface area contributed by atoms with Gasteiger partial charge in [-0.15, -0.1) is 0 Å². The molecular weight excluding hydrogens is 198 g/mol. The molecule has 0 aliphatic carbocycles. The van der Waals surface area contributed by atoms with Crippen LogP contribution in [0.3, 0.4) is 0 Å². The highest BCUT2D eigenvalue weighted by molar-refractivity contribution is 5.76. The second-order valence-corrected chi connectivity index (χ2v) is 2.97. The number of hydrogen-bond acceptors (Lipinski definition) is 4. The predicted molar refractivity (Wildman–Crippen MR) is 56.2 cm³/mol. The molecule has 0 heterocycles. The summed E-state index contributed by atoms with van der Waals surface area (Å²) in [5.74, 6) is -0.535. The maximum atomic E-state index is 11.1. The van der Waals surface area contributed by atoms with Gasteiger partial charge >= 0.3 is 0 Å². The zero-order chi connectivity index (χ0) is 11.5. The monoisotopic (exact) mass is 217 g/mol. The van der Waals surface area contributed by atoms with Gasteiger partial charge in [-0.2, -0.15) is 0 Å². The number of nitrogens with one attached hydrogen (secondary N) is 2. The summed E-state index contributed by atoms with van der Waals surface area (Å²) in [7, 11) is 0. The first-order chi connectivity index (χ1) is 7.16. The van der Waals surface area contributed by atoms with Crippen LogP contribution < -0.4 is 16.4 Å². The van der Waals surface area contributed by atoms with E-state index in [1.807, 2.05) is 6.92 Å². The Bertz CT molecular complexity index is 197. The predicted octanol–water partition coefficient (Wildman–Crippen LogP) is -1.40. The minimum absolute atomic E-state index is 0.0291. The van der Waals surface area contributed by atoms with E-state index in [-0.39, 0.29) is 12.5 Å². The minimum Gasteiger partial charge on any atom is -0.370 e. The number of amides is 2. The van der Waals surface area contributed by atoms with Crippen molar-refractivity contribution in [3.05, 3.63) is 0 Å². The van der Waals surface area contributed by atoms with E-state index < -0.39 is 5.91 Å². The molecule has 6 heteroatoms. The molecule has 0 aromatic heterocycles. The number of carbonyl (C=O) groups is 2. The van der Waals surface area contributed by atoms with Crippen LogP contribution in [-0.4, -0.2) is 44.7 Å². The van der Waals surface area contributed by atoms with Crippen LogP contribution in [0.2, 0.25) is 0 Å². The van der Waals surface area contributed by atoms with Crippen molar-refractivity contribution in [1.82, 2.24) is 10.6 Å². The van der Waals surface area contributed by atoms with Gasteiger partial charge in [0.05, 0.1) is 6.61 Å². The van der Waals surface area contributed by atoms with Crippen molar-refractivity contribution in [2.24, 2.45) is 5.73 Å². The summed E-state index contributed by atoms with van der Waals surface area (Å²) in [4.78, 5) is 21.4. The van der Waals surface area contributed by atoms with Crippen LogP contribution >= 0.6 is 0 Å². The zero-order valence-electron chi connectivity index (χ0n) is 9.04. The lowest BCUT2D eigenvalue weighted by atomic mass is 10.4. The van der Waals surface area contributed by atoms with Crippen LogP contribution in [0.25, 0.3) is 0 Å². The normalized spacial score (nSPS) is 9.93. The first-order valence-electron chi connectivity index (χ1n) is 5.00. The van der Waals surface area contributed by atoms with E-state index in [2.05, 4.69) is 10.6 Å². The lowest BCUT2D eigenvalue weighted by Gasteiger charge is -2.05. The van der Waals surface area contributed by atoms with E-state index in [0.717, 1.165) is 6.54 Å². The number of carbonyl (C=O) groups excluding carboxylic acids is 2. The van der Waals surface area contributed by atoms with Crippen molar-refractivity contribution >= 4 is 11.8 Å². The van der Waals surface area contributed by atoms with Gasteiger partial charge in [0.2, 0.25) is 11.8 Å². The third-order valence-electron chi connectivity index (χ3n) is 1.59. The van der Waals surface area contributed by atoms with Gasteiger partial charge in [0.15, 0.2) is 0 Å². The second kappa shape index (κ2) is 9.42. The molecule has 0 aromatic rings. The van der Waals surface area contributed by atoms with Crippen molar-refractivity contribution in [2.45, 2.75) is 13.3 Å². The van der Waals surface area contributed by atoms with Crippen molar-refractivity contribution in [3.8, 4) is 0 Å². The minimum atomic E-state index is -0.506. The number of hydrogen-bond donors (Lipinski definition) is 3. The second-order valence-electron chi connectivity index (χ2n) is 2.97. The Hall–Kier alpha value is -1.14. The Labute approximate surface area is 89.5 Å². The highest BCUT2D eigenvalue weighted by Crippen LogP contribution is 1.78. The molecule has 0 fully saturated rings. The van der Waals surface area contributed by atoms with Crippen molar-refractivity contribution in [2.75, 3.05) is 32.8 Å². The fourth-order valence-electron chi connectivity index (χ4n) is 0.902. The van der Waals surface area contributed by atoms with E-state index in [0.29, 0.717) is 26.1 Å². The van der Waals surface area contributed by atoms with E-state index in [1.165, 1.54) is 0 Å². The number of rotatable bonds is 9. The van der Waals surface area contributed by atoms with Gasteiger partial charge in [0, 0.05) is 19.5 Å². The molecule has 15 heavy (non-hydrogen) atoms. The smallest absolute Gasteiger partial charge is 0.243 e. The summed E-state index contributed by atoms with van der Waals surface area (Å²) in [5.41, 5.74) is 4.86. The van der Waals surface area contributed by atoms with Gasteiger partial charge in [-0.25, -0.2) is 0 Å². The van der Waals surface area contributed by atoms with Gasteiger partial charge in [-0.05, 0) is 6.54 Å². The summed E-state index contributed by atoms with van der Waals surface area (Å²) in [6.45, 7) is 4.11. The average molecular weight is 217 g/mol. The molecule has 0 saturated heterocycles. The van der Waals surface area contributed by atoms with E-state index in [9.17, 15) is 9.59 Å². The van der Waals surface area contributed by atoms with Crippen molar-refractivity contribution in [3.63, 3.8) is 0 Å². The van der Waals surface area contributed by atoms with Crippen LogP contribution in [-0.2, 0) is 14.3 Å². The van der Waals surface area contributed by atoms with Gasteiger partial charge in [-0.3, -0.25) is 9.59 Å². The van der Waals surface area contributed by atoms with E-state index in [4.69, 9.17) is 10.5 Å². The lowest BCUT2D eigenvalue weighted by molar-refractivity contribution is -0.122. The Morgan fingerprint density at radius 3 is 2.67 bits per heavy atom. The maximum Gasteiger partial charge on any atom is 0.243 e. The molecule has 0 atom stereocenters. The maximum absolute atomic E-state index is 11.1. The molecule has 0 rings (SSSR count). The molecule has 2 amide bonds. The van der Waals surface area contributed by atoms with Crippen LogP contribution in [0.1, 0.15) is 13.3 Å². The van der Waals surface area contributed by atoms with Crippen LogP contribution in [0.4, 0.5) is 0 Å². The topological polar surface area (TPSA) is 93.4 Å². The molecular formula is C9H19N3O3. The highest BCUT2D eigenvalue weighted by Gasteiger charge is 1.99.